The molecule has 1 aromatic carbocycles. The summed E-state index contributed by atoms with van der Waals surface area (Å²) < 4.78 is 5.13. The first kappa shape index (κ1) is 12.3. The first-order valence-electron chi connectivity index (χ1n) is 5.73. The molecule has 0 saturated carbocycles. The summed E-state index contributed by atoms with van der Waals surface area (Å²) in [5, 5.41) is 4.35. The maximum atomic E-state index is 5.13. The number of hydrogen-bond acceptors (Lipinski definition) is 4. The van der Waals surface area contributed by atoms with Gasteiger partial charge in [0.05, 0.1) is 12.6 Å². The molecule has 0 bridgehead atoms. The molecule has 0 atom stereocenters. The highest BCUT2D eigenvalue weighted by molar-refractivity contribution is 8.14. The van der Waals surface area contributed by atoms with E-state index in [0.29, 0.717) is 0 Å². The van der Waals surface area contributed by atoms with E-state index in [4.69, 9.17) is 4.74 Å². The largest absolute Gasteiger partial charge is 0.497 e. The van der Waals surface area contributed by atoms with Crippen molar-refractivity contribution in [1.82, 2.24) is 0 Å². The van der Waals surface area contributed by atoms with Crippen LogP contribution < -0.4 is 10.1 Å². The topological polar surface area (TPSA) is 33.6 Å². The van der Waals surface area contributed by atoms with E-state index in [1.54, 1.807) is 18.9 Å². The van der Waals surface area contributed by atoms with Crippen molar-refractivity contribution in [3.63, 3.8) is 0 Å². The van der Waals surface area contributed by atoms with Gasteiger partial charge in [0, 0.05) is 11.4 Å². The van der Waals surface area contributed by atoms with Crippen LogP contribution in [0.25, 0.3) is 0 Å². The van der Waals surface area contributed by atoms with Gasteiger partial charge in [-0.3, -0.25) is 4.99 Å². The van der Waals surface area contributed by atoms with E-state index < -0.39 is 0 Å². The van der Waals surface area contributed by atoms with Crippen molar-refractivity contribution in [2.24, 2.45) is 4.99 Å². The second-order valence-electron chi connectivity index (χ2n) is 4.68. The standard InChI is InChI=1S/C13H18N2OS/c1-13(2)8-9-17-12(15-13)14-10-4-6-11(16-3)7-5-10/h4-7H,8-9H2,1-3H3,(H,14,15). The monoisotopic (exact) mass is 250 g/mol. The first-order valence-corrected chi connectivity index (χ1v) is 6.71. The van der Waals surface area contributed by atoms with Crippen molar-refractivity contribution in [3.05, 3.63) is 24.3 Å². The zero-order valence-corrected chi connectivity index (χ0v) is 11.3. The van der Waals surface area contributed by atoms with Gasteiger partial charge >= 0.3 is 0 Å². The van der Waals surface area contributed by atoms with Gasteiger partial charge in [-0.1, -0.05) is 11.8 Å². The minimum atomic E-state index is 0.0556. The molecule has 17 heavy (non-hydrogen) atoms. The third kappa shape index (κ3) is 3.40. The fraction of sp³-hybridized carbons (Fsp3) is 0.462. The molecule has 1 aliphatic rings. The van der Waals surface area contributed by atoms with Crippen LogP contribution in [0.15, 0.2) is 29.3 Å². The molecule has 1 N–H and O–H groups in total. The van der Waals surface area contributed by atoms with Crippen LogP contribution in [0.1, 0.15) is 20.3 Å². The smallest absolute Gasteiger partial charge is 0.161 e. The van der Waals surface area contributed by atoms with Crippen molar-refractivity contribution in [1.29, 1.82) is 0 Å². The number of anilines is 1. The molecule has 0 spiro atoms. The third-order valence-corrected chi connectivity index (χ3v) is 3.57. The average Bonchev–Trinajstić information content (AvgIpc) is 2.29. The zero-order chi connectivity index (χ0) is 12.3. The highest BCUT2D eigenvalue weighted by Gasteiger charge is 2.22. The highest BCUT2D eigenvalue weighted by Crippen LogP contribution is 2.27. The van der Waals surface area contributed by atoms with Crippen molar-refractivity contribution in [2.75, 3.05) is 18.2 Å². The molecule has 92 valence electrons. The number of thioether (sulfide) groups is 1. The fourth-order valence-electron chi connectivity index (χ4n) is 1.62. The number of benzene rings is 1. The van der Waals surface area contributed by atoms with E-state index in [-0.39, 0.29) is 5.54 Å². The zero-order valence-electron chi connectivity index (χ0n) is 10.5. The minimum absolute atomic E-state index is 0.0556. The molecule has 0 saturated heterocycles. The van der Waals surface area contributed by atoms with Crippen LogP contribution >= 0.6 is 11.8 Å². The molecule has 0 aliphatic carbocycles. The molecular formula is C13H18N2OS. The Morgan fingerprint density at radius 2 is 2.00 bits per heavy atom. The van der Waals surface area contributed by atoms with Crippen molar-refractivity contribution in [3.8, 4) is 5.75 Å². The second kappa shape index (κ2) is 5.00. The van der Waals surface area contributed by atoms with E-state index in [0.717, 1.165) is 28.8 Å². The molecule has 1 heterocycles. The Balaban J connectivity index is 2.07. The molecule has 1 aromatic rings. The van der Waals surface area contributed by atoms with Crippen LogP contribution in [0, 0.1) is 0 Å². The molecule has 0 radical (unpaired) electrons. The summed E-state index contributed by atoms with van der Waals surface area (Å²) in [6, 6.07) is 7.90. The number of amidine groups is 1. The summed E-state index contributed by atoms with van der Waals surface area (Å²) >= 11 is 1.78. The van der Waals surface area contributed by atoms with Crippen LogP contribution in [0.4, 0.5) is 5.69 Å². The molecule has 0 unspecified atom stereocenters. The Morgan fingerprint density at radius 3 is 2.59 bits per heavy atom. The van der Waals surface area contributed by atoms with Crippen LogP contribution in [0.3, 0.4) is 0 Å². The summed E-state index contributed by atoms with van der Waals surface area (Å²) in [6.45, 7) is 4.34. The van der Waals surface area contributed by atoms with Gasteiger partial charge in [-0.05, 0) is 44.5 Å². The maximum absolute atomic E-state index is 5.13. The van der Waals surface area contributed by atoms with Crippen LogP contribution in [-0.2, 0) is 0 Å². The Hall–Kier alpha value is -1.16. The van der Waals surface area contributed by atoms with Gasteiger partial charge in [-0.15, -0.1) is 0 Å². The normalized spacial score (nSPS) is 18.4. The lowest BCUT2D eigenvalue weighted by atomic mass is 10.0. The summed E-state index contributed by atoms with van der Waals surface area (Å²) in [7, 11) is 1.67. The average molecular weight is 250 g/mol. The molecule has 0 aromatic heterocycles. The summed E-state index contributed by atoms with van der Waals surface area (Å²) in [5.74, 6) is 1.99. The Morgan fingerprint density at radius 1 is 1.29 bits per heavy atom. The first-order chi connectivity index (χ1) is 8.09. The van der Waals surface area contributed by atoms with E-state index in [2.05, 4.69) is 24.2 Å². The highest BCUT2D eigenvalue weighted by atomic mass is 32.2. The Bertz CT molecular complexity index is 412. The van der Waals surface area contributed by atoms with Gasteiger partial charge in [0.15, 0.2) is 5.17 Å². The lowest BCUT2D eigenvalue weighted by molar-refractivity contribution is 0.415. The van der Waals surface area contributed by atoms with Gasteiger partial charge in [-0.2, -0.15) is 0 Å². The second-order valence-corrected chi connectivity index (χ2v) is 5.76. The summed E-state index contributed by atoms with van der Waals surface area (Å²) in [6.07, 6.45) is 1.13. The molecule has 4 heteroatoms. The van der Waals surface area contributed by atoms with E-state index in [1.165, 1.54) is 0 Å². The van der Waals surface area contributed by atoms with Gasteiger partial charge in [0.25, 0.3) is 0 Å². The van der Waals surface area contributed by atoms with Crippen LogP contribution in [-0.4, -0.2) is 23.6 Å². The van der Waals surface area contributed by atoms with Crippen LogP contribution in [0.2, 0.25) is 0 Å². The van der Waals surface area contributed by atoms with Gasteiger partial charge < -0.3 is 10.1 Å². The fourth-order valence-corrected chi connectivity index (χ4v) is 2.92. The summed E-state index contributed by atoms with van der Waals surface area (Å²) in [4.78, 5) is 4.69. The molecule has 1 aliphatic heterocycles. The number of methoxy groups -OCH3 is 1. The van der Waals surface area contributed by atoms with E-state index in [1.807, 2.05) is 24.3 Å². The lowest BCUT2D eigenvalue weighted by Crippen LogP contribution is -2.27. The molecule has 0 amide bonds. The summed E-state index contributed by atoms with van der Waals surface area (Å²) in [5.41, 5.74) is 1.11. The Labute approximate surface area is 107 Å². The van der Waals surface area contributed by atoms with Crippen molar-refractivity contribution in [2.45, 2.75) is 25.8 Å². The van der Waals surface area contributed by atoms with Crippen molar-refractivity contribution < 1.29 is 4.74 Å². The predicted octanol–water partition coefficient (Wildman–Crippen LogP) is 3.38. The van der Waals surface area contributed by atoms with Crippen molar-refractivity contribution >= 4 is 22.6 Å². The van der Waals surface area contributed by atoms with Crippen LogP contribution in [0.5, 0.6) is 5.75 Å². The number of ether oxygens (including phenoxy) is 1. The SMILES string of the molecule is COc1ccc(NC2=NC(C)(C)CCS2)cc1. The number of hydrogen-bond donors (Lipinski definition) is 1. The van der Waals surface area contributed by atoms with E-state index >= 15 is 0 Å². The minimum Gasteiger partial charge on any atom is -0.497 e. The number of nitrogens with zero attached hydrogens (tertiary/aromatic N) is 1. The number of rotatable bonds is 2. The quantitative estimate of drug-likeness (QED) is 0.873. The molecule has 3 nitrogen and oxygen atoms in total. The van der Waals surface area contributed by atoms with Gasteiger partial charge in [0.2, 0.25) is 0 Å². The predicted molar refractivity (Wildman–Crippen MR) is 75.2 cm³/mol. The van der Waals surface area contributed by atoms with Gasteiger partial charge in [-0.25, -0.2) is 0 Å². The maximum Gasteiger partial charge on any atom is 0.161 e. The molecular weight excluding hydrogens is 232 g/mol. The number of nitrogens with one attached hydrogen (secondary N) is 1. The van der Waals surface area contributed by atoms with Gasteiger partial charge in [0.1, 0.15) is 5.75 Å². The molecule has 2 rings (SSSR count). The number of aliphatic imine (C=N–C) groups is 1. The van der Waals surface area contributed by atoms with E-state index in [9.17, 15) is 0 Å². The lowest BCUT2D eigenvalue weighted by Gasteiger charge is -2.26. The Kier molecular flexibility index (Phi) is 3.62. The third-order valence-electron chi connectivity index (χ3n) is 2.70. The molecule has 0 fully saturated rings.